The molecule has 0 saturated carbocycles. The van der Waals surface area contributed by atoms with Crippen LogP contribution in [0.15, 0.2) is 134 Å². The van der Waals surface area contributed by atoms with Gasteiger partial charge in [-0.05, 0) is 60.7 Å². The molecule has 2 heterocycles. The Kier molecular flexibility index (Phi) is 4.61. The smallest absolute Gasteiger partial charge is 0.193 e. The molecule has 2 aromatic heterocycles. The van der Waals surface area contributed by atoms with Crippen molar-refractivity contribution in [3.8, 4) is 11.4 Å². The largest absolute Gasteiger partial charge is 0.317 e. The second-order valence-corrected chi connectivity index (χ2v) is 9.01. The molecular formula is C33H22N2O. The highest BCUT2D eigenvalue weighted by Gasteiger charge is 2.17. The number of ketones is 1. The van der Waals surface area contributed by atoms with E-state index in [2.05, 4.69) is 82.1 Å². The van der Waals surface area contributed by atoms with E-state index in [4.69, 9.17) is 0 Å². The average Bonchev–Trinajstić information content (AvgIpc) is 3.53. The first-order valence-corrected chi connectivity index (χ1v) is 12.1. The van der Waals surface area contributed by atoms with E-state index in [0.717, 1.165) is 22.4 Å². The number of hydrogen-bond acceptors (Lipinski definition) is 1. The van der Waals surface area contributed by atoms with Crippen molar-refractivity contribution in [2.45, 2.75) is 0 Å². The monoisotopic (exact) mass is 462 g/mol. The summed E-state index contributed by atoms with van der Waals surface area (Å²) in [6, 6.07) is 43.0. The Labute approximate surface area is 208 Å². The molecule has 3 heteroatoms. The van der Waals surface area contributed by atoms with Crippen molar-refractivity contribution in [1.29, 1.82) is 0 Å². The maximum absolute atomic E-state index is 12.9. The van der Waals surface area contributed by atoms with Crippen LogP contribution in [0.4, 0.5) is 0 Å². The van der Waals surface area contributed by atoms with Crippen molar-refractivity contribution >= 4 is 38.5 Å². The van der Waals surface area contributed by atoms with E-state index in [9.17, 15) is 4.79 Å². The van der Waals surface area contributed by atoms with Crippen LogP contribution in [0.3, 0.4) is 0 Å². The van der Waals surface area contributed by atoms with E-state index in [1.807, 2.05) is 60.7 Å². The summed E-state index contributed by atoms with van der Waals surface area (Å²) in [5.41, 5.74) is 7.05. The number of carbonyl (C=O) groups excluding carboxylic acids is 1. The van der Waals surface area contributed by atoms with Crippen molar-refractivity contribution < 1.29 is 4.79 Å². The summed E-state index contributed by atoms with van der Waals surface area (Å²) >= 11 is 0. The minimum atomic E-state index is 0.0355. The van der Waals surface area contributed by atoms with Gasteiger partial charge in [0.2, 0.25) is 0 Å². The van der Waals surface area contributed by atoms with E-state index in [0.29, 0.717) is 11.1 Å². The summed E-state index contributed by atoms with van der Waals surface area (Å²) in [5.74, 6) is 0.0355. The Morgan fingerprint density at radius 3 is 1.86 bits per heavy atom. The number of rotatable bonds is 4. The van der Waals surface area contributed by atoms with Gasteiger partial charge >= 0.3 is 0 Å². The molecule has 3 nitrogen and oxygen atoms in total. The summed E-state index contributed by atoms with van der Waals surface area (Å²) in [5, 5.41) is 3.68. The van der Waals surface area contributed by atoms with Crippen molar-refractivity contribution in [2.24, 2.45) is 0 Å². The fourth-order valence-corrected chi connectivity index (χ4v) is 5.29. The summed E-state index contributed by atoms with van der Waals surface area (Å²) in [4.78, 5) is 12.9. The lowest BCUT2D eigenvalue weighted by molar-refractivity contribution is 0.103. The molecule has 0 unspecified atom stereocenters. The molecule has 0 aliphatic carbocycles. The molecule has 0 amide bonds. The number of fused-ring (bicyclic) bond motifs is 5. The lowest BCUT2D eigenvalue weighted by Crippen LogP contribution is -2.01. The van der Waals surface area contributed by atoms with E-state index < -0.39 is 0 Å². The van der Waals surface area contributed by atoms with Crippen LogP contribution in [-0.2, 0) is 0 Å². The van der Waals surface area contributed by atoms with Gasteiger partial charge in [-0.25, -0.2) is 0 Å². The molecule has 7 rings (SSSR count). The highest BCUT2D eigenvalue weighted by molar-refractivity contribution is 6.21. The van der Waals surface area contributed by atoms with Crippen molar-refractivity contribution in [2.75, 3.05) is 0 Å². The molecule has 7 aromatic rings. The fraction of sp³-hybridized carbons (Fsp3) is 0. The van der Waals surface area contributed by atoms with Gasteiger partial charge in [0, 0.05) is 44.9 Å². The molecule has 0 spiro atoms. The van der Waals surface area contributed by atoms with Gasteiger partial charge in [-0.2, -0.15) is 0 Å². The van der Waals surface area contributed by atoms with Crippen LogP contribution < -0.4 is 0 Å². The fourth-order valence-electron chi connectivity index (χ4n) is 5.29. The van der Waals surface area contributed by atoms with Crippen LogP contribution in [-0.4, -0.2) is 14.9 Å². The average molecular weight is 463 g/mol. The standard InChI is InChI=1S/C33H22N2O/c36-33(23-9-3-1-4-10-23)24-15-17-26(18-16-24)35-30-14-8-7-13-27(30)32-28-21-22-34(25-11-5-2-6-12-25)29(28)19-20-31(32)35/h1-22H. The van der Waals surface area contributed by atoms with Gasteiger partial charge in [-0.15, -0.1) is 0 Å². The summed E-state index contributed by atoms with van der Waals surface area (Å²) < 4.78 is 4.53. The summed E-state index contributed by atoms with van der Waals surface area (Å²) in [6.45, 7) is 0. The first kappa shape index (κ1) is 20.5. The Bertz CT molecular complexity index is 1880. The molecule has 36 heavy (non-hydrogen) atoms. The molecular weight excluding hydrogens is 440 g/mol. The summed E-state index contributed by atoms with van der Waals surface area (Å²) in [6.07, 6.45) is 2.15. The van der Waals surface area contributed by atoms with E-state index >= 15 is 0 Å². The second kappa shape index (κ2) is 8.10. The lowest BCUT2D eigenvalue weighted by atomic mass is 10.0. The quantitative estimate of drug-likeness (QED) is 0.244. The van der Waals surface area contributed by atoms with Crippen molar-refractivity contribution in [3.63, 3.8) is 0 Å². The molecule has 5 aromatic carbocycles. The van der Waals surface area contributed by atoms with Crippen LogP contribution >= 0.6 is 0 Å². The predicted octanol–water partition coefficient (Wildman–Crippen LogP) is 7.96. The molecule has 170 valence electrons. The van der Waals surface area contributed by atoms with Gasteiger partial charge in [0.1, 0.15) is 0 Å². The van der Waals surface area contributed by atoms with Crippen LogP contribution in [0.5, 0.6) is 0 Å². The van der Waals surface area contributed by atoms with E-state index in [-0.39, 0.29) is 5.78 Å². The van der Waals surface area contributed by atoms with E-state index in [1.54, 1.807) is 0 Å². The molecule has 0 atom stereocenters. The number of aromatic nitrogens is 2. The second-order valence-electron chi connectivity index (χ2n) is 9.01. The maximum atomic E-state index is 12.9. The number of para-hydroxylation sites is 2. The number of benzene rings is 5. The first-order valence-electron chi connectivity index (χ1n) is 12.1. The van der Waals surface area contributed by atoms with Crippen molar-refractivity contribution in [3.05, 3.63) is 145 Å². The third-order valence-corrected chi connectivity index (χ3v) is 6.96. The Morgan fingerprint density at radius 2 is 1.08 bits per heavy atom. The Balaban J connectivity index is 1.42. The number of nitrogens with zero attached hydrogens (tertiary/aromatic N) is 2. The van der Waals surface area contributed by atoms with Gasteiger partial charge in [0.05, 0.1) is 16.6 Å². The van der Waals surface area contributed by atoms with Gasteiger partial charge in [-0.3, -0.25) is 4.79 Å². The highest BCUT2D eigenvalue weighted by Crippen LogP contribution is 2.37. The first-order chi connectivity index (χ1) is 17.8. The van der Waals surface area contributed by atoms with E-state index in [1.165, 1.54) is 21.7 Å². The maximum Gasteiger partial charge on any atom is 0.193 e. The number of hydrogen-bond donors (Lipinski definition) is 0. The normalized spacial score (nSPS) is 11.4. The molecule has 0 radical (unpaired) electrons. The zero-order valence-electron chi connectivity index (χ0n) is 19.5. The zero-order chi connectivity index (χ0) is 24.1. The molecule has 0 saturated heterocycles. The highest BCUT2D eigenvalue weighted by atomic mass is 16.1. The Morgan fingerprint density at radius 1 is 0.472 bits per heavy atom. The Hall–Kier alpha value is -4.89. The topological polar surface area (TPSA) is 26.9 Å². The van der Waals surface area contributed by atoms with Crippen molar-refractivity contribution in [1.82, 2.24) is 9.13 Å². The van der Waals surface area contributed by atoms with Gasteiger partial charge in [0.25, 0.3) is 0 Å². The predicted molar refractivity (Wildman–Crippen MR) is 147 cm³/mol. The minimum absolute atomic E-state index is 0.0355. The summed E-state index contributed by atoms with van der Waals surface area (Å²) in [7, 11) is 0. The van der Waals surface area contributed by atoms with Gasteiger partial charge in [0.15, 0.2) is 5.78 Å². The number of carbonyl (C=O) groups is 1. The lowest BCUT2D eigenvalue weighted by Gasteiger charge is -2.10. The van der Waals surface area contributed by atoms with Gasteiger partial charge < -0.3 is 9.13 Å². The van der Waals surface area contributed by atoms with Crippen LogP contribution in [0.1, 0.15) is 15.9 Å². The van der Waals surface area contributed by atoms with Gasteiger partial charge in [-0.1, -0.05) is 66.7 Å². The molecule has 0 aliphatic rings. The zero-order valence-corrected chi connectivity index (χ0v) is 19.5. The molecule has 0 bridgehead atoms. The SMILES string of the molecule is O=C(c1ccccc1)c1ccc(-n2c3ccccc3c3c4ccn(-c5ccccc5)c4ccc32)cc1. The van der Waals surface area contributed by atoms with Crippen LogP contribution in [0.25, 0.3) is 44.1 Å². The van der Waals surface area contributed by atoms with Crippen LogP contribution in [0.2, 0.25) is 0 Å². The molecule has 0 aliphatic heterocycles. The van der Waals surface area contributed by atoms with Crippen LogP contribution in [0, 0.1) is 0 Å². The molecule has 0 N–H and O–H groups in total. The molecule has 0 fully saturated rings. The third-order valence-electron chi connectivity index (χ3n) is 6.96. The third kappa shape index (κ3) is 3.10. The minimum Gasteiger partial charge on any atom is -0.317 e.